The van der Waals surface area contributed by atoms with Crippen LogP contribution in [0.3, 0.4) is 0 Å². The number of rotatable bonds is 4. The van der Waals surface area contributed by atoms with Crippen molar-refractivity contribution in [2.75, 3.05) is 25.0 Å². The van der Waals surface area contributed by atoms with E-state index in [0.717, 1.165) is 24.0 Å². The highest BCUT2D eigenvalue weighted by atomic mass is 32.1. The van der Waals surface area contributed by atoms with E-state index in [2.05, 4.69) is 14.6 Å². The minimum Gasteiger partial charge on any atom is -0.343 e. The molecule has 0 radical (unpaired) electrons. The lowest BCUT2D eigenvalue weighted by Crippen LogP contribution is -2.45. The van der Waals surface area contributed by atoms with Crippen LogP contribution in [0.1, 0.15) is 43.8 Å². The SMILES string of the molecule is CNCC1CCCCN1c1nc(C2CC2)ns1. The summed E-state index contributed by atoms with van der Waals surface area (Å²) in [5.74, 6) is 1.77. The summed E-state index contributed by atoms with van der Waals surface area (Å²) in [7, 11) is 2.03. The van der Waals surface area contributed by atoms with Gasteiger partial charge in [-0.2, -0.15) is 4.37 Å². The van der Waals surface area contributed by atoms with Crippen molar-refractivity contribution >= 4 is 16.7 Å². The molecule has 1 aromatic rings. The van der Waals surface area contributed by atoms with Gasteiger partial charge in [0.2, 0.25) is 5.13 Å². The second kappa shape index (κ2) is 4.90. The van der Waals surface area contributed by atoms with Crippen LogP contribution in [0, 0.1) is 0 Å². The maximum absolute atomic E-state index is 4.73. The van der Waals surface area contributed by atoms with Crippen LogP contribution >= 0.6 is 11.5 Å². The summed E-state index contributed by atoms with van der Waals surface area (Å²) in [5.41, 5.74) is 0. The van der Waals surface area contributed by atoms with Gasteiger partial charge in [-0.25, -0.2) is 4.98 Å². The van der Waals surface area contributed by atoms with Crippen LogP contribution in [-0.2, 0) is 0 Å². The summed E-state index contributed by atoms with van der Waals surface area (Å²) in [6.07, 6.45) is 6.49. The highest BCUT2D eigenvalue weighted by molar-refractivity contribution is 7.09. The minimum atomic E-state index is 0.605. The third-order valence-corrected chi connectivity index (χ3v) is 4.45. The van der Waals surface area contributed by atoms with Gasteiger partial charge < -0.3 is 10.2 Å². The maximum atomic E-state index is 4.73. The third-order valence-electron chi connectivity index (χ3n) is 3.69. The standard InChI is InChI=1S/C12H20N4S/c1-13-8-10-4-2-3-7-16(10)12-14-11(15-17-12)9-5-6-9/h9-10,13H,2-8H2,1H3. The molecular formula is C12H20N4S. The second-order valence-corrected chi connectivity index (χ2v) is 5.84. The Labute approximate surface area is 107 Å². The van der Waals surface area contributed by atoms with Gasteiger partial charge in [-0.05, 0) is 39.2 Å². The molecule has 1 N–H and O–H groups in total. The van der Waals surface area contributed by atoms with E-state index in [9.17, 15) is 0 Å². The number of anilines is 1. The summed E-state index contributed by atoms with van der Waals surface area (Å²) in [6.45, 7) is 2.20. The predicted molar refractivity (Wildman–Crippen MR) is 70.8 cm³/mol. The smallest absolute Gasteiger partial charge is 0.205 e. The van der Waals surface area contributed by atoms with Gasteiger partial charge in [-0.15, -0.1) is 0 Å². The Morgan fingerprint density at radius 3 is 3.00 bits per heavy atom. The zero-order valence-corrected chi connectivity index (χ0v) is 11.2. The normalized spacial score (nSPS) is 25.2. The summed E-state index contributed by atoms with van der Waals surface area (Å²) >= 11 is 1.59. The van der Waals surface area contributed by atoms with Gasteiger partial charge in [-0.3, -0.25) is 0 Å². The molecule has 1 atom stereocenters. The largest absolute Gasteiger partial charge is 0.343 e. The van der Waals surface area contributed by atoms with Crippen molar-refractivity contribution in [3.63, 3.8) is 0 Å². The number of piperidine rings is 1. The first kappa shape index (κ1) is 11.4. The number of aromatic nitrogens is 2. The van der Waals surface area contributed by atoms with Crippen molar-refractivity contribution in [2.24, 2.45) is 0 Å². The molecule has 1 saturated heterocycles. The number of likely N-dealkylation sites (N-methyl/N-ethyl adjacent to an activating group) is 1. The molecule has 1 aromatic heterocycles. The highest BCUT2D eigenvalue weighted by Gasteiger charge is 2.30. The number of hydrogen-bond acceptors (Lipinski definition) is 5. The average molecular weight is 252 g/mol. The van der Waals surface area contributed by atoms with Crippen LogP contribution in [-0.4, -0.2) is 35.5 Å². The molecule has 0 spiro atoms. The van der Waals surface area contributed by atoms with E-state index in [1.54, 1.807) is 11.5 Å². The highest BCUT2D eigenvalue weighted by Crippen LogP contribution is 2.40. The first-order valence-electron chi connectivity index (χ1n) is 6.63. The Bertz CT molecular complexity index is 372. The van der Waals surface area contributed by atoms with Gasteiger partial charge in [0.1, 0.15) is 5.82 Å². The molecule has 1 unspecified atom stereocenters. The molecule has 4 nitrogen and oxygen atoms in total. The Morgan fingerprint density at radius 1 is 1.35 bits per heavy atom. The zero-order valence-electron chi connectivity index (χ0n) is 10.4. The van der Waals surface area contributed by atoms with E-state index in [1.165, 1.54) is 32.1 Å². The van der Waals surface area contributed by atoms with Crippen molar-refractivity contribution < 1.29 is 0 Å². The van der Waals surface area contributed by atoms with Gasteiger partial charge in [-0.1, -0.05) is 0 Å². The van der Waals surface area contributed by atoms with Crippen LogP contribution in [0.2, 0.25) is 0 Å². The van der Waals surface area contributed by atoms with Crippen molar-refractivity contribution in [2.45, 2.75) is 44.1 Å². The van der Waals surface area contributed by atoms with Gasteiger partial charge in [0.15, 0.2) is 0 Å². The average Bonchev–Trinajstić information content (AvgIpc) is 3.09. The lowest BCUT2D eigenvalue weighted by molar-refractivity contribution is 0.446. The lowest BCUT2D eigenvalue weighted by Gasteiger charge is -2.35. The minimum absolute atomic E-state index is 0.605. The third kappa shape index (κ3) is 2.45. The van der Waals surface area contributed by atoms with Crippen molar-refractivity contribution in [1.29, 1.82) is 0 Å². The molecule has 0 aromatic carbocycles. The molecule has 2 heterocycles. The number of nitrogens with one attached hydrogen (secondary N) is 1. The Kier molecular flexibility index (Phi) is 3.29. The van der Waals surface area contributed by atoms with E-state index >= 15 is 0 Å². The van der Waals surface area contributed by atoms with Crippen LogP contribution < -0.4 is 10.2 Å². The quantitative estimate of drug-likeness (QED) is 0.890. The van der Waals surface area contributed by atoms with Gasteiger partial charge in [0.05, 0.1) is 0 Å². The molecule has 5 heteroatoms. The van der Waals surface area contributed by atoms with Crippen LogP contribution in [0.25, 0.3) is 0 Å². The summed E-state index contributed by atoms with van der Waals surface area (Å²) < 4.78 is 4.52. The van der Waals surface area contributed by atoms with Crippen LogP contribution in [0.5, 0.6) is 0 Å². The van der Waals surface area contributed by atoms with Crippen LogP contribution in [0.4, 0.5) is 5.13 Å². The fraction of sp³-hybridized carbons (Fsp3) is 0.833. The molecule has 94 valence electrons. The maximum Gasteiger partial charge on any atom is 0.205 e. The predicted octanol–water partition coefficient (Wildman–Crippen LogP) is 1.99. The molecule has 17 heavy (non-hydrogen) atoms. The number of nitrogens with zero attached hydrogens (tertiary/aromatic N) is 3. The molecule has 3 rings (SSSR count). The van der Waals surface area contributed by atoms with E-state index in [4.69, 9.17) is 4.98 Å². The Balaban J connectivity index is 1.74. The fourth-order valence-electron chi connectivity index (χ4n) is 2.55. The van der Waals surface area contributed by atoms with E-state index in [0.29, 0.717) is 12.0 Å². The number of hydrogen-bond donors (Lipinski definition) is 1. The molecule has 1 aliphatic carbocycles. The summed E-state index contributed by atoms with van der Waals surface area (Å²) in [5, 5.41) is 4.44. The summed E-state index contributed by atoms with van der Waals surface area (Å²) in [6, 6.07) is 0.605. The molecular weight excluding hydrogens is 232 g/mol. The van der Waals surface area contributed by atoms with Crippen LogP contribution in [0.15, 0.2) is 0 Å². The molecule has 1 saturated carbocycles. The van der Waals surface area contributed by atoms with Gasteiger partial charge in [0, 0.05) is 36.6 Å². The topological polar surface area (TPSA) is 41.0 Å². The first-order chi connectivity index (χ1) is 8.38. The first-order valence-corrected chi connectivity index (χ1v) is 7.40. The molecule has 2 aliphatic rings. The van der Waals surface area contributed by atoms with Crippen molar-refractivity contribution in [3.8, 4) is 0 Å². The van der Waals surface area contributed by atoms with Gasteiger partial charge in [0.25, 0.3) is 0 Å². The fourth-order valence-corrected chi connectivity index (χ4v) is 3.40. The zero-order chi connectivity index (χ0) is 11.7. The van der Waals surface area contributed by atoms with E-state index < -0.39 is 0 Å². The monoisotopic (exact) mass is 252 g/mol. The molecule has 0 bridgehead atoms. The summed E-state index contributed by atoms with van der Waals surface area (Å²) in [4.78, 5) is 7.20. The molecule has 2 fully saturated rings. The van der Waals surface area contributed by atoms with E-state index in [-0.39, 0.29) is 0 Å². The van der Waals surface area contributed by atoms with Crippen molar-refractivity contribution in [1.82, 2.24) is 14.7 Å². The Hall–Kier alpha value is -0.680. The lowest BCUT2D eigenvalue weighted by atomic mass is 10.0. The van der Waals surface area contributed by atoms with E-state index in [1.807, 2.05) is 7.05 Å². The molecule has 1 aliphatic heterocycles. The molecule has 0 amide bonds. The second-order valence-electron chi connectivity index (χ2n) is 5.11. The van der Waals surface area contributed by atoms with Crippen molar-refractivity contribution in [3.05, 3.63) is 5.82 Å². The Morgan fingerprint density at radius 2 is 2.24 bits per heavy atom. The van der Waals surface area contributed by atoms with Gasteiger partial charge >= 0.3 is 0 Å².